The molecule has 4 heteroatoms. The van der Waals surface area contributed by atoms with E-state index >= 15 is 0 Å². The van der Waals surface area contributed by atoms with E-state index in [1.807, 2.05) is 30.0 Å². The van der Waals surface area contributed by atoms with Gasteiger partial charge in [0.2, 0.25) is 0 Å². The lowest BCUT2D eigenvalue weighted by atomic mass is 10.0. The Labute approximate surface area is 133 Å². The van der Waals surface area contributed by atoms with Crippen LogP contribution in [-0.2, 0) is 6.54 Å². The molecular weight excluding hydrogens is 328 g/mol. The zero-order valence-electron chi connectivity index (χ0n) is 12.6. The number of nitrogens with zero attached hydrogens (tertiary/aromatic N) is 2. The molecule has 1 amide bonds. The molecule has 3 nitrogen and oxygen atoms in total. The fourth-order valence-corrected chi connectivity index (χ4v) is 3.44. The molecule has 1 aromatic carbocycles. The van der Waals surface area contributed by atoms with Gasteiger partial charge in [-0.05, 0) is 50.6 Å². The van der Waals surface area contributed by atoms with Crippen LogP contribution in [0.3, 0.4) is 0 Å². The molecule has 0 spiro atoms. The molecular formula is C17H19BrN2O. The summed E-state index contributed by atoms with van der Waals surface area (Å²) in [6.45, 7) is 7.84. The van der Waals surface area contributed by atoms with Gasteiger partial charge < -0.3 is 9.47 Å². The van der Waals surface area contributed by atoms with Gasteiger partial charge >= 0.3 is 0 Å². The quantitative estimate of drug-likeness (QED) is 0.763. The van der Waals surface area contributed by atoms with Crippen LogP contribution < -0.4 is 0 Å². The minimum absolute atomic E-state index is 0.110. The van der Waals surface area contributed by atoms with E-state index in [0.29, 0.717) is 0 Å². The molecule has 110 valence electrons. The molecule has 0 N–H and O–H groups in total. The molecule has 1 aliphatic heterocycles. The normalized spacial score (nSPS) is 17.7. The van der Waals surface area contributed by atoms with Crippen LogP contribution in [0.4, 0.5) is 0 Å². The molecule has 1 unspecified atom stereocenters. The molecule has 2 aromatic rings. The molecule has 1 atom stereocenters. The van der Waals surface area contributed by atoms with Crippen LogP contribution in [-0.4, -0.2) is 21.9 Å². The van der Waals surface area contributed by atoms with E-state index in [9.17, 15) is 4.79 Å². The summed E-state index contributed by atoms with van der Waals surface area (Å²) in [4.78, 5) is 14.9. The Kier molecular flexibility index (Phi) is 3.66. The Morgan fingerprint density at radius 2 is 1.95 bits per heavy atom. The second-order valence-corrected chi connectivity index (χ2v) is 6.60. The Morgan fingerprint density at radius 3 is 2.71 bits per heavy atom. The van der Waals surface area contributed by atoms with Crippen molar-refractivity contribution in [2.75, 3.05) is 6.54 Å². The fourth-order valence-electron chi connectivity index (χ4n) is 3.08. The number of halogens is 1. The van der Waals surface area contributed by atoms with Crippen molar-refractivity contribution in [3.8, 4) is 0 Å². The zero-order chi connectivity index (χ0) is 15.1. The van der Waals surface area contributed by atoms with Crippen molar-refractivity contribution in [2.45, 2.75) is 33.4 Å². The average molecular weight is 347 g/mol. The van der Waals surface area contributed by atoms with E-state index < -0.39 is 0 Å². The van der Waals surface area contributed by atoms with Crippen molar-refractivity contribution in [1.82, 2.24) is 9.47 Å². The highest BCUT2D eigenvalue weighted by atomic mass is 79.9. The number of carbonyl (C=O) groups excluding carboxylic acids is 1. The molecule has 0 saturated heterocycles. The third kappa shape index (κ3) is 2.42. The van der Waals surface area contributed by atoms with Crippen molar-refractivity contribution in [2.24, 2.45) is 0 Å². The Morgan fingerprint density at radius 1 is 1.19 bits per heavy atom. The lowest BCUT2D eigenvalue weighted by Gasteiger charge is -2.35. The number of hydrogen-bond acceptors (Lipinski definition) is 1. The maximum Gasteiger partial charge on any atom is 0.254 e. The molecule has 0 aliphatic carbocycles. The topological polar surface area (TPSA) is 25.2 Å². The second-order valence-electron chi connectivity index (χ2n) is 5.68. The van der Waals surface area contributed by atoms with Crippen molar-refractivity contribution in [3.63, 3.8) is 0 Å². The number of rotatable bonds is 1. The summed E-state index contributed by atoms with van der Waals surface area (Å²) in [5.41, 5.74) is 4.29. The van der Waals surface area contributed by atoms with E-state index in [4.69, 9.17) is 0 Å². The molecule has 3 rings (SSSR count). The first-order chi connectivity index (χ1) is 9.99. The summed E-state index contributed by atoms with van der Waals surface area (Å²) < 4.78 is 3.25. The second kappa shape index (κ2) is 5.34. The van der Waals surface area contributed by atoms with Gasteiger partial charge in [0.25, 0.3) is 5.91 Å². The largest absolute Gasteiger partial charge is 0.345 e. The van der Waals surface area contributed by atoms with Crippen LogP contribution >= 0.6 is 15.9 Å². The fraction of sp³-hybridized carbons (Fsp3) is 0.353. The predicted octanol–water partition coefficient (Wildman–Crippen LogP) is 4.08. The van der Waals surface area contributed by atoms with Gasteiger partial charge in [0.05, 0.1) is 6.04 Å². The van der Waals surface area contributed by atoms with E-state index in [2.05, 4.69) is 46.5 Å². The minimum atomic E-state index is 0.110. The van der Waals surface area contributed by atoms with Gasteiger partial charge in [-0.15, -0.1) is 0 Å². The molecule has 21 heavy (non-hydrogen) atoms. The number of aromatic nitrogens is 1. The Bertz CT molecular complexity index is 705. The minimum Gasteiger partial charge on any atom is -0.345 e. The van der Waals surface area contributed by atoms with E-state index in [1.54, 1.807) is 0 Å². The SMILES string of the molecule is Cc1ccc(Br)cc1C(=O)N1CCn2c(C)ccc2C1C. The molecule has 0 fully saturated rings. The molecule has 0 saturated carbocycles. The first-order valence-electron chi connectivity index (χ1n) is 7.22. The molecule has 1 aromatic heterocycles. The molecule has 0 radical (unpaired) electrons. The highest BCUT2D eigenvalue weighted by molar-refractivity contribution is 9.10. The zero-order valence-corrected chi connectivity index (χ0v) is 14.1. The lowest BCUT2D eigenvalue weighted by molar-refractivity contribution is 0.0642. The number of benzene rings is 1. The van der Waals surface area contributed by atoms with Gasteiger partial charge in [-0.25, -0.2) is 0 Å². The smallest absolute Gasteiger partial charge is 0.254 e. The van der Waals surface area contributed by atoms with Gasteiger partial charge in [-0.2, -0.15) is 0 Å². The van der Waals surface area contributed by atoms with Gasteiger partial charge in [-0.3, -0.25) is 4.79 Å². The lowest BCUT2D eigenvalue weighted by Crippen LogP contribution is -2.41. The summed E-state index contributed by atoms with van der Waals surface area (Å²) in [6, 6.07) is 10.2. The van der Waals surface area contributed by atoms with Gasteiger partial charge in [0, 0.05) is 34.5 Å². The number of carbonyl (C=O) groups is 1. The standard InChI is InChI=1S/C17H19BrN2O/c1-11-4-6-14(18)10-15(11)17(21)20-9-8-19-12(2)5-7-16(19)13(20)3/h4-7,10,13H,8-9H2,1-3H3. The summed E-state index contributed by atoms with van der Waals surface area (Å²) >= 11 is 3.46. The van der Waals surface area contributed by atoms with Crippen molar-refractivity contribution in [3.05, 3.63) is 57.3 Å². The third-order valence-electron chi connectivity index (χ3n) is 4.38. The summed E-state index contributed by atoms with van der Waals surface area (Å²) in [6.07, 6.45) is 0. The number of hydrogen-bond donors (Lipinski definition) is 0. The molecule has 0 bridgehead atoms. The van der Waals surface area contributed by atoms with Gasteiger partial charge in [0.1, 0.15) is 0 Å². The average Bonchev–Trinajstić information content (AvgIpc) is 2.84. The van der Waals surface area contributed by atoms with Crippen LogP contribution in [0.15, 0.2) is 34.8 Å². The first kappa shape index (κ1) is 14.4. The van der Waals surface area contributed by atoms with Crippen LogP contribution in [0.1, 0.15) is 40.3 Å². The van der Waals surface area contributed by atoms with E-state index in [1.165, 1.54) is 11.4 Å². The molecule has 1 aliphatic rings. The molecule has 2 heterocycles. The number of aryl methyl sites for hydroxylation is 2. The Balaban J connectivity index is 1.95. The summed E-state index contributed by atoms with van der Waals surface area (Å²) in [5.74, 6) is 0.117. The van der Waals surface area contributed by atoms with Crippen molar-refractivity contribution >= 4 is 21.8 Å². The highest BCUT2D eigenvalue weighted by Gasteiger charge is 2.29. The summed E-state index contributed by atoms with van der Waals surface area (Å²) in [5, 5.41) is 0. The maximum atomic E-state index is 12.9. The van der Waals surface area contributed by atoms with Gasteiger partial charge in [0.15, 0.2) is 0 Å². The van der Waals surface area contributed by atoms with Crippen LogP contribution in [0.2, 0.25) is 0 Å². The monoisotopic (exact) mass is 346 g/mol. The van der Waals surface area contributed by atoms with E-state index in [-0.39, 0.29) is 11.9 Å². The Hall–Kier alpha value is -1.55. The van der Waals surface area contributed by atoms with Crippen molar-refractivity contribution in [1.29, 1.82) is 0 Å². The third-order valence-corrected chi connectivity index (χ3v) is 4.88. The number of amides is 1. The highest BCUT2D eigenvalue weighted by Crippen LogP contribution is 2.29. The van der Waals surface area contributed by atoms with Crippen LogP contribution in [0, 0.1) is 13.8 Å². The van der Waals surface area contributed by atoms with Gasteiger partial charge in [-0.1, -0.05) is 22.0 Å². The van der Waals surface area contributed by atoms with Crippen molar-refractivity contribution < 1.29 is 4.79 Å². The van der Waals surface area contributed by atoms with Crippen LogP contribution in [0.25, 0.3) is 0 Å². The van der Waals surface area contributed by atoms with Crippen LogP contribution in [0.5, 0.6) is 0 Å². The predicted molar refractivity (Wildman–Crippen MR) is 87.5 cm³/mol. The first-order valence-corrected chi connectivity index (χ1v) is 8.01. The maximum absolute atomic E-state index is 12.9. The number of fused-ring (bicyclic) bond motifs is 1. The van der Waals surface area contributed by atoms with E-state index in [0.717, 1.165) is 28.7 Å². The summed E-state index contributed by atoms with van der Waals surface area (Å²) in [7, 11) is 0.